The van der Waals surface area contributed by atoms with Gasteiger partial charge in [-0.2, -0.15) is 9.78 Å². The zero-order chi connectivity index (χ0) is 22.9. The molecule has 31 heavy (non-hydrogen) atoms. The van der Waals surface area contributed by atoms with E-state index in [0.717, 1.165) is 56.3 Å². The van der Waals surface area contributed by atoms with Gasteiger partial charge in [0.1, 0.15) is 5.60 Å². The van der Waals surface area contributed by atoms with Gasteiger partial charge in [-0.25, -0.2) is 4.79 Å². The molecular formula is C23H40N4O4. The molecule has 1 aromatic heterocycles. The number of methoxy groups -OCH3 is 1. The summed E-state index contributed by atoms with van der Waals surface area (Å²) in [5.41, 5.74) is 1.50. The molecule has 1 amide bonds. The molecule has 0 fully saturated rings. The summed E-state index contributed by atoms with van der Waals surface area (Å²) in [6.45, 7) is 10.5. The lowest BCUT2D eigenvalue weighted by atomic mass is 9.82. The van der Waals surface area contributed by atoms with E-state index in [2.05, 4.69) is 22.7 Å². The van der Waals surface area contributed by atoms with E-state index in [1.807, 2.05) is 20.8 Å². The number of carbonyl (C=O) groups is 2. The number of nitrogens with one attached hydrogen (secondary N) is 2. The highest BCUT2D eigenvalue weighted by atomic mass is 16.6. The van der Waals surface area contributed by atoms with E-state index in [-0.39, 0.29) is 11.8 Å². The van der Waals surface area contributed by atoms with Crippen molar-refractivity contribution >= 4 is 12.0 Å². The molecule has 0 saturated heterocycles. The van der Waals surface area contributed by atoms with E-state index in [9.17, 15) is 9.59 Å². The molecule has 8 heteroatoms. The third-order valence-electron chi connectivity index (χ3n) is 5.39. The summed E-state index contributed by atoms with van der Waals surface area (Å²) in [5.74, 6) is 0.394. The Balaban J connectivity index is 1.96. The van der Waals surface area contributed by atoms with Crippen LogP contribution < -0.4 is 10.6 Å². The van der Waals surface area contributed by atoms with Crippen LogP contribution in [0.15, 0.2) is 6.20 Å². The van der Waals surface area contributed by atoms with Gasteiger partial charge in [-0.05, 0) is 77.3 Å². The Bertz CT molecular complexity index is 711. The minimum absolute atomic E-state index is 0.0754. The number of carbonyl (C=O) groups excluding carboxylic acids is 2. The topological polar surface area (TPSA) is 94.5 Å². The Hall–Kier alpha value is -1.93. The smallest absolute Gasteiger partial charge is 0.435 e. The molecule has 2 rings (SSSR count). The van der Waals surface area contributed by atoms with Crippen molar-refractivity contribution in [1.82, 2.24) is 20.4 Å². The first-order valence-electron chi connectivity index (χ1n) is 11.5. The first kappa shape index (κ1) is 25.3. The second kappa shape index (κ2) is 12.2. The van der Waals surface area contributed by atoms with Gasteiger partial charge in [-0.15, -0.1) is 0 Å². The maximum atomic E-state index is 12.8. The molecule has 2 unspecified atom stereocenters. The Morgan fingerprint density at radius 1 is 1.32 bits per heavy atom. The molecule has 0 spiro atoms. The average molecular weight is 437 g/mol. The van der Waals surface area contributed by atoms with Gasteiger partial charge in [-0.1, -0.05) is 6.92 Å². The number of rotatable bonds is 11. The molecule has 0 bridgehead atoms. The first-order valence-corrected chi connectivity index (χ1v) is 11.5. The molecule has 1 aromatic rings. The summed E-state index contributed by atoms with van der Waals surface area (Å²) in [6.07, 6.45) is 6.65. The van der Waals surface area contributed by atoms with Gasteiger partial charge in [0.15, 0.2) is 0 Å². The monoisotopic (exact) mass is 436 g/mol. The predicted molar refractivity (Wildman–Crippen MR) is 120 cm³/mol. The molecular weight excluding hydrogens is 396 g/mol. The van der Waals surface area contributed by atoms with E-state index in [0.29, 0.717) is 25.6 Å². The molecule has 2 N–H and O–H groups in total. The summed E-state index contributed by atoms with van der Waals surface area (Å²) in [5, 5.41) is 10.9. The highest BCUT2D eigenvalue weighted by molar-refractivity contribution is 5.78. The van der Waals surface area contributed by atoms with Gasteiger partial charge in [0.05, 0.1) is 11.6 Å². The standard InChI is InChI=1S/C23H40N4O4/c1-6-10-24-15-19(21(28)25-11-7-12-30-5)13-17-8-9-18-16-27(26-20(18)14-17)22(29)31-23(2,3)4/h16-17,19,24H,6-15H2,1-5H3,(H,25,28). The minimum Gasteiger partial charge on any atom is -0.442 e. The van der Waals surface area contributed by atoms with Gasteiger partial charge in [0.25, 0.3) is 0 Å². The van der Waals surface area contributed by atoms with Crippen molar-refractivity contribution in [3.63, 3.8) is 0 Å². The Morgan fingerprint density at radius 2 is 2.10 bits per heavy atom. The number of aryl methyl sites for hydroxylation is 1. The fourth-order valence-corrected chi connectivity index (χ4v) is 3.88. The van der Waals surface area contributed by atoms with Crippen LogP contribution in [0.4, 0.5) is 4.79 Å². The maximum absolute atomic E-state index is 12.8. The Morgan fingerprint density at radius 3 is 2.77 bits per heavy atom. The van der Waals surface area contributed by atoms with Crippen LogP contribution in [0.25, 0.3) is 0 Å². The molecule has 1 heterocycles. The van der Waals surface area contributed by atoms with Crippen LogP contribution in [0.3, 0.4) is 0 Å². The Kier molecular flexibility index (Phi) is 9.96. The number of fused-ring (bicyclic) bond motifs is 1. The number of ether oxygens (including phenoxy) is 2. The number of aromatic nitrogens is 2. The van der Waals surface area contributed by atoms with E-state index < -0.39 is 11.7 Å². The summed E-state index contributed by atoms with van der Waals surface area (Å²) in [7, 11) is 1.67. The third-order valence-corrected chi connectivity index (χ3v) is 5.39. The van der Waals surface area contributed by atoms with Gasteiger partial charge in [0, 0.05) is 33.0 Å². The van der Waals surface area contributed by atoms with E-state index in [1.165, 1.54) is 4.68 Å². The van der Waals surface area contributed by atoms with Crippen LogP contribution >= 0.6 is 0 Å². The fraction of sp³-hybridized carbons (Fsp3) is 0.783. The molecule has 0 aromatic carbocycles. The molecule has 0 radical (unpaired) electrons. The molecule has 0 saturated carbocycles. The second-order valence-electron chi connectivity index (χ2n) is 9.41. The molecule has 0 aliphatic heterocycles. The summed E-state index contributed by atoms with van der Waals surface area (Å²) in [6, 6.07) is 0. The SMILES string of the molecule is CCCNCC(CC1CCc2cn(C(=O)OC(C)(C)C)nc2C1)C(=O)NCCCOC. The zero-order valence-electron chi connectivity index (χ0n) is 19.8. The van der Waals surface area contributed by atoms with Gasteiger partial charge in [0.2, 0.25) is 5.91 Å². The van der Waals surface area contributed by atoms with Crippen molar-refractivity contribution in [3.8, 4) is 0 Å². The van der Waals surface area contributed by atoms with E-state index in [4.69, 9.17) is 9.47 Å². The van der Waals surface area contributed by atoms with Crippen molar-refractivity contribution in [3.05, 3.63) is 17.5 Å². The summed E-state index contributed by atoms with van der Waals surface area (Å²) >= 11 is 0. The lowest BCUT2D eigenvalue weighted by Gasteiger charge is -2.26. The molecule has 1 aliphatic rings. The van der Waals surface area contributed by atoms with E-state index >= 15 is 0 Å². The first-order chi connectivity index (χ1) is 14.7. The lowest BCUT2D eigenvalue weighted by molar-refractivity contribution is -0.125. The summed E-state index contributed by atoms with van der Waals surface area (Å²) < 4.78 is 11.8. The minimum atomic E-state index is -0.554. The van der Waals surface area contributed by atoms with Crippen LogP contribution in [-0.4, -0.2) is 60.7 Å². The molecule has 8 nitrogen and oxygen atoms in total. The molecule has 1 aliphatic carbocycles. The normalized spacial score (nSPS) is 17.1. The van der Waals surface area contributed by atoms with Crippen LogP contribution in [0.5, 0.6) is 0 Å². The van der Waals surface area contributed by atoms with Crippen LogP contribution in [0.2, 0.25) is 0 Å². The van der Waals surface area contributed by atoms with Crippen molar-refractivity contribution < 1.29 is 19.1 Å². The zero-order valence-corrected chi connectivity index (χ0v) is 19.8. The van der Waals surface area contributed by atoms with Crippen molar-refractivity contribution in [2.75, 3.05) is 33.4 Å². The maximum Gasteiger partial charge on any atom is 0.435 e. The largest absolute Gasteiger partial charge is 0.442 e. The highest BCUT2D eigenvalue weighted by Crippen LogP contribution is 2.29. The fourth-order valence-electron chi connectivity index (χ4n) is 3.88. The number of nitrogens with zero attached hydrogens (tertiary/aromatic N) is 2. The van der Waals surface area contributed by atoms with Gasteiger partial charge >= 0.3 is 6.09 Å². The third kappa shape index (κ3) is 8.61. The number of amides is 1. The van der Waals surface area contributed by atoms with E-state index in [1.54, 1.807) is 13.3 Å². The van der Waals surface area contributed by atoms with Crippen molar-refractivity contribution in [2.24, 2.45) is 11.8 Å². The Labute approximate surface area is 186 Å². The van der Waals surface area contributed by atoms with Crippen LogP contribution in [0.1, 0.15) is 64.6 Å². The lowest BCUT2D eigenvalue weighted by Crippen LogP contribution is -2.39. The second-order valence-corrected chi connectivity index (χ2v) is 9.41. The summed E-state index contributed by atoms with van der Waals surface area (Å²) in [4.78, 5) is 25.1. The van der Waals surface area contributed by atoms with Crippen LogP contribution in [-0.2, 0) is 27.1 Å². The van der Waals surface area contributed by atoms with Crippen LogP contribution in [0, 0.1) is 11.8 Å². The average Bonchev–Trinajstić information content (AvgIpc) is 3.13. The van der Waals surface area contributed by atoms with Gasteiger partial charge in [-0.3, -0.25) is 4.79 Å². The number of hydrogen-bond donors (Lipinski definition) is 2. The molecule has 176 valence electrons. The predicted octanol–water partition coefficient (Wildman–Crippen LogP) is 2.93. The van der Waals surface area contributed by atoms with Gasteiger partial charge < -0.3 is 20.1 Å². The number of hydrogen-bond acceptors (Lipinski definition) is 6. The quantitative estimate of drug-likeness (QED) is 0.518. The van der Waals surface area contributed by atoms with Crippen molar-refractivity contribution in [2.45, 2.75) is 71.8 Å². The molecule has 2 atom stereocenters. The van der Waals surface area contributed by atoms with Crippen molar-refractivity contribution in [1.29, 1.82) is 0 Å². The highest BCUT2D eigenvalue weighted by Gasteiger charge is 2.29.